The van der Waals surface area contributed by atoms with Crippen LogP contribution >= 0.6 is 0 Å². The monoisotopic (exact) mass is 333 g/mol. The number of sulfonamides is 1. The fourth-order valence-corrected chi connectivity index (χ4v) is 5.10. The molecule has 6 heteroatoms. The first-order valence-corrected chi connectivity index (χ1v) is 9.83. The standard InChI is InChI=1S/C17H23N3O2S/c18-13-17(8-9-17)14-23(21,22)19-16-7-4-10-20(12-16)11-15-5-2-1-3-6-15/h1-3,5-6,16,19H,4,7-12,14H2/t16-/m0/s1. The Kier molecular flexibility index (Phi) is 4.72. The van der Waals surface area contributed by atoms with E-state index in [4.69, 9.17) is 5.26 Å². The fraction of sp³-hybridized carbons (Fsp3) is 0.588. The van der Waals surface area contributed by atoms with Crippen molar-refractivity contribution in [1.29, 1.82) is 5.26 Å². The lowest BCUT2D eigenvalue weighted by Crippen LogP contribution is -2.48. The maximum absolute atomic E-state index is 12.3. The Morgan fingerprint density at radius 1 is 1.30 bits per heavy atom. The summed E-state index contributed by atoms with van der Waals surface area (Å²) in [5, 5.41) is 9.08. The van der Waals surface area contributed by atoms with Crippen LogP contribution in [0.25, 0.3) is 0 Å². The van der Waals surface area contributed by atoms with Crippen LogP contribution in [-0.2, 0) is 16.6 Å². The normalized spacial score (nSPS) is 24.0. The average Bonchev–Trinajstić information content (AvgIpc) is 3.27. The van der Waals surface area contributed by atoms with Gasteiger partial charge in [0, 0.05) is 19.1 Å². The number of hydrogen-bond donors (Lipinski definition) is 1. The molecule has 2 aliphatic rings. The number of benzene rings is 1. The van der Waals surface area contributed by atoms with Crippen molar-refractivity contribution in [3.05, 3.63) is 35.9 Å². The lowest BCUT2D eigenvalue weighted by molar-refractivity contribution is 0.194. The minimum Gasteiger partial charge on any atom is -0.298 e. The summed E-state index contributed by atoms with van der Waals surface area (Å²) in [7, 11) is -3.38. The van der Waals surface area contributed by atoms with Gasteiger partial charge < -0.3 is 0 Å². The Morgan fingerprint density at radius 3 is 2.70 bits per heavy atom. The van der Waals surface area contributed by atoms with Gasteiger partial charge >= 0.3 is 0 Å². The van der Waals surface area contributed by atoms with Crippen molar-refractivity contribution in [3.63, 3.8) is 0 Å². The van der Waals surface area contributed by atoms with Crippen molar-refractivity contribution in [2.75, 3.05) is 18.8 Å². The van der Waals surface area contributed by atoms with E-state index in [-0.39, 0.29) is 11.8 Å². The highest BCUT2D eigenvalue weighted by molar-refractivity contribution is 7.89. The van der Waals surface area contributed by atoms with Gasteiger partial charge in [0.15, 0.2) is 0 Å². The molecule has 1 aliphatic heterocycles. The molecule has 1 N–H and O–H groups in total. The molecular formula is C17H23N3O2S. The summed E-state index contributed by atoms with van der Waals surface area (Å²) >= 11 is 0. The quantitative estimate of drug-likeness (QED) is 0.862. The second-order valence-corrected chi connectivity index (χ2v) is 8.58. The smallest absolute Gasteiger partial charge is 0.213 e. The van der Waals surface area contributed by atoms with Gasteiger partial charge in [-0.3, -0.25) is 4.90 Å². The third-order valence-corrected chi connectivity index (χ3v) is 6.28. The maximum Gasteiger partial charge on any atom is 0.213 e. The van der Waals surface area contributed by atoms with Crippen LogP contribution in [0, 0.1) is 16.7 Å². The molecule has 3 rings (SSSR count). The first-order valence-electron chi connectivity index (χ1n) is 8.18. The zero-order valence-corrected chi connectivity index (χ0v) is 14.1. The maximum atomic E-state index is 12.3. The topological polar surface area (TPSA) is 73.2 Å². The van der Waals surface area contributed by atoms with Gasteiger partial charge in [0.25, 0.3) is 0 Å². The lowest BCUT2D eigenvalue weighted by atomic mass is 10.1. The predicted molar refractivity (Wildman–Crippen MR) is 88.9 cm³/mol. The number of hydrogen-bond acceptors (Lipinski definition) is 4. The van der Waals surface area contributed by atoms with Crippen LogP contribution in [0.15, 0.2) is 30.3 Å². The Bertz CT molecular complexity index is 678. The summed E-state index contributed by atoms with van der Waals surface area (Å²) in [6, 6.07) is 12.3. The van der Waals surface area contributed by atoms with E-state index in [1.165, 1.54) is 5.56 Å². The lowest BCUT2D eigenvalue weighted by Gasteiger charge is -2.33. The van der Waals surface area contributed by atoms with Crippen LogP contribution in [0.1, 0.15) is 31.2 Å². The number of piperidine rings is 1. The molecule has 23 heavy (non-hydrogen) atoms. The largest absolute Gasteiger partial charge is 0.298 e. The Morgan fingerprint density at radius 2 is 2.04 bits per heavy atom. The van der Waals surface area contributed by atoms with Crippen molar-refractivity contribution >= 4 is 10.0 Å². The van der Waals surface area contributed by atoms with Crippen molar-refractivity contribution in [3.8, 4) is 6.07 Å². The third-order valence-electron chi connectivity index (χ3n) is 4.66. The summed E-state index contributed by atoms with van der Waals surface area (Å²) in [6.45, 7) is 2.57. The molecule has 1 saturated carbocycles. The molecule has 0 bridgehead atoms. The third kappa shape index (κ3) is 4.54. The molecule has 2 fully saturated rings. The van der Waals surface area contributed by atoms with E-state index in [1.54, 1.807) is 0 Å². The van der Waals surface area contributed by atoms with Gasteiger partial charge in [-0.2, -0.15) is 5.26 Å². The van der Waals surface area contributed by atoms with E-state index in [0.717, 1.165) is 32.5 Å². The SMILES string of the molecule is N#CC1(CS(=O)(=O)N[C@H]2CCCN(Cc3ccccc3)C2)CC1. The van der Waals surface area contributed by atoms with Crippen molar-refractivity contribution < 1.29 is 8.42 Å². The zero-order chi connectivity index (χ0) is 16.3. The van der Waals surface area contributed by atoms with Gasteiger partial charge in [0.2, 0.25) is 10.0 Å². The molecule has 0 amide bonds. The Hall–Kier alpha value is -1.42. The highest BCUT2D eigenvalue weighted by atomic mass is 32.2. The molecule has 1 atom stereocenters. The summed E-state index contributed by atoms with van der Waals surface area (Å²) in [6.07, 6.45) is 3.26. The van der Waals surface area contributed by atoms with Crippen LogP contribution < -0.4 is 4.72 Å². The second-order valence-electron chi connectivity index (χ2n) is 6.83. The van der Waals surface area contributed by atoms with E-state index in [1.807, 2.05) is 18.2 Å². The average molecular weight is 333 g/mol. The van der Waals surface area contributed by atoms with Crippen molar-refractivity contribution in [2.24, 2.45) is 5.41 Å². The molecule has 124 valence electrons. The first kappa shape index (κ1) is 16.4. The van der Waals surface area contributed by atoms with Crippen LogP contribution in [-0.4, -0.2) is 38.2 Å². The predicted octanol–water partition coefficient (Wildman–Crippen LogP) is 1.87. The number of likely N-dealkylation sites (tertiary alicyclic amines) is 1. The minimum absolute atomic E-state index is 0.0491. The molecule has 1 aliphatic carbocycles. The Balaban J connectivity index is 1.55. The van der Waals surface area contributed by atoms with Crippen LogP contribution in [0.2, 0.25) is 0 Å². The molecule has 5 nitrogen and oxygen atoms in total. The number of nitrogens with zero attached hydrogens (tertiary/aromatic N) is 2. The molecule has 1 aromatic rings. The highest BCUT2D eigenvalue weighted by Crippen LogP contribution is 2.45. The second kappa shape index (κ2) is 6.60. The van der Waals surface area contributed by atoms with Gasteiger partial charge in [-0.25, -0.2) is 13.1 Å². The van der Waals surface area contributed by atoms with Crippen LogP contribution in [0.4, 0.5) is 0 Å². The molecule has 1 heterocycles. The molecule has 0 aromatic heterocycles. The summed E-state index contributed by atoms with van der Waals surface area (Å²) in [4.78, 5) is 2.29. The summed E-state index contributed by atoms with van der Waals surface area (Å²) in [5.74, 6) is -0.0499. The van der Waals surface area contributed by atoms with Gasteiger partial charge in [-0.1, -0.05) is 30.3 Å². The van der Waals surface area contributed by atoms with Gasteiger partial charge in [0.05, 0.1) is 17.2 Å². The van der Waals surface area contributed by atoms with E-state index in [9.17, 15) is 8.42 Å². The molecule has 0 spiro atoms. The zero-order valence-electron chi connectivity index (χ0n) is 13.2. The van der Waals surface area contributed by atoms with Crippen LogP contribution in [0.5, 0.6) is 0 Å². The molecule has 0 unspecified atom stereocenters. The molecule has 1 saturated heterocycles. The van der Waals surface area contributed by atoms with E-state index in [0.29, 0.717) is 12.8 Å². The van der Waals surface area contributed by atoms with Crippen molar-refractivity contribution in [2.45, 2.75) is 38.3 Å². The van der Waals surface area contributed by atoms with Gasteiger partial charge in [0.1, 0.15) is 0 Å². The van der Waals surface area contributed by atoms with Gasteiger partial charge in [-0.05, 0) is 37.8 Å². The van der Waals surface area contributed by atoms with E-state index >= 15 is 0 Å². The summed E-state index contributed by atoms with van der Waals surface area (Å²) in [5.41, 5.74) is 0.627. The van der Waals surface area contributed by atoms with Crippen LogP contribution in [0.3, 0.4) is 0 Å². The first-order chi connectivity index (χ1) is 11.0. The van der Waals surface area contributed by atoms with E-state index < -0.39 is 15.4 Å². The number of nitrogens with one attached hydrogen (secondary N) is 1. The molecule has 0 radical (unpaired) electrons. The number of nitriles is 1. The van der Waals surface area contributed by atoms with Crippen molar-refractivity contribution in [1.82, 2.24) is 9.62 Å². The molecular weight excluding hydrogens is 310 g/mol. The molecule has 1 aromatic carbocycles. The van der Waals surface area contributed by atoms with E-state index in [2.05, 4.69) is 27.8 Å². The summed E-state index contributed by atoms with van der Waals surface area (Å²) < 4.78 is 27.4. The Labute approximate surface area is 138 Å². The highest BCUT2D eigenvalue weighted by Gasteiger charge is 2.47. The number of rotatable bonds is 6. The minimum atomic E-state index is -3.38. The van der Waals surface area contributed by atoms with Gasteiger partial charge in [-0.15, -0.1) is 0 Å². The fourth-order valence-electron chi connectivity index (χ4n) is 3.24.